The molecular formula is C14H17N3O2. The van der Waals surface area contributed by atoms with E-state index in [1.54, 1.807) is 12.3 Å². The van der Waals surface area contributed by atoms with Crippen LogP contribution in [0.5, 0.6) is 0 Å². The van der Waals surface area contributed by atoms with Crippen molar-refractivity contribution in [2.45, 2.75) is 37.7 Å². The molecule has 1 aliphatic carbocycles. The molecule has 0 bridgehead atoms. The van der Waals surface area contributed by atoms with Crippen LogP contribution >= 0.6 is 0 Å². The van der Waals surface area contributed by atoms with E-state index < -0.39 is 5.91 Å². The Morgan fingerprint density at radius 2 is 2.05 bits per heavy atom. The van der Waals surface area contributed by atoms with Crippen molar-refractivity contribution in [2.75, 3.05) is 0 Å². The Labute approximate surface area is 110 Å². The summed E-state index contributed by atoms with van der Waals surface area (Å²) in [4.78, 5) is 11.4. The fraction of sp³-hybridized carbons (Fsp3) is 0.429. The monoisotopic (exact) mass is 259 g/mol. The van der Waals surface area contributed by atoms with Gasteiger partial charge in [-0.25, -0.2) is 0 Å². The Balaban J connectivity index is 2.03. The average Bonchev–Trinajstić information content (AvgIpc) is 2.87. The fourth-order valence-corrected chi connectivity index (χ4v) is 3.00. The number of carbonyl (C=O) groups excluding carboxylic acids is 1. The molecule has 100 valence electrons. The summed E-state index contributed by atoms with van der Waals surface area (Å²) in [5.74, 6) is -0.0229. The smallest absolute Gasteiger partial charge is 0.250 e. The third kappa shape index (κ3) is 2.10. The van der Waals surface area contributed by atoms with E-state index in [0.717, 1.165) is 36.6 Å². The van der Waals surface area contributed by atoms with Crippen molar-refractivity contribution in [1.29, 1.82) is 0 Å². The summed E-state index contributed by atoms with van der Waals surface area (Å²) >= 11 is 0. The van der Waals surface area contributed by atoms with E-state index in [9.17, 15) is 9.90 Å². The molecule has 5 nitrogen and oxygen atoms in total. The van der Waals surface area contributed by atoms with E-state index in [2.05, 4.69) is 10.2 Å². The summed E-state index contributed by atoms with van der Waals surface area (Å²) in [6.07, 6.45) is 5.20. The molecule has 19 heavy (non-hydrogen) atoms. The molecule has 3 rings (SSSR count). The molecule has 2 aromatic rings. The Morgan fingerprint density at radius 3 is 2.74 bits per heavy atom. The van der Waals surface area contributed by atoms with Gasteiger partial charge in [-0.3, -0.25) is 9.89 Å². The zero-order valence-corrected chi connectivity index (χ0v) is 10.6. The number of nitrogens with one attached hydrogen (secondary N) is 1. The van der Waals surface area contributed by atoms with Gasteiger partial charge in [-0.05, 0) is 43.2 Å². The van der Waals surface area contributed by atoms with E-state index in [-0.39, 0.29) is 6.10 Å². The molecule has 1 heterocycles. The predicted molar refractivity (Wildman–Crippen MR) is 71.8 cm³/mol. The number of rotatable bonds is 2. The van der Waals surface area contributed by atoms with E-state index in [0.29, 0.717) is 11.5 Å². The van der Waals surface area contributed by atoms with Crippen LogP contribution in [0.25, 0.3) is 10.9 Å². The summed E-state index contributed by atoms with van der Waals surface area (Å²) in [6, 6.07) is 3.74. The largest absolute Gasteiger partial charge is 0.393 e. The molecule has 5 heteroatoms. The van der Waals surface area contributed by atoms with Crippen molar-refractivity contribution in [3.63, 3.8) is 0 Å². The van der Waals surface area contributed by atoms with Gasteiger partial charge in [0.1, 0.15) is 0 Å². The summed E-state index contributed by atoms with van der Waals surface area (Å²) in [7, 11) is 0. The van der Waals surface area contributed by atoms with Crippen LogP contribution in [0, 0.1) is 0 Å². The minimum atomic E-state index is -0.445. The van der Waals surface area contributed by atoms with Gasteiger partial charge >= 0.3 is 0 Å². The van der Waals surface area contributed by atoms with Crippen molar-refractivity contribution in [3.05, 3.63) is 29.5 Å². The number of aromatic nitrogens is 2. The third-order valence-electron chi connectivity index (χ3n) is 4.05. The van der Waals surface area contributed by atoms with Crippen LogP contribution in [-0.2, 0) is 0 Å². The second-order valence-electron chi connectivity index (χ2n) is 5.23. The van der Waals surface area contributed by atoms with Gasteiger partial charge in [0.25, 0.3) is 5.91 Å². The summed E-state index contributed by atoms with van der Waals surface area (Å²) < 4.78 is 0. The van der Waals surface area contributed by atoms with Gasteiger partial charge in [0.2, 0.25) is 0 Å². The number of primary amides is 1. The van der Waals surface area contributed by atoms with Crippen LogP contribution in [0.3, 0.4) is 0 Å². The van der Waals surface area contributed by atoms with Gasteiger partial charge < -0.3 is 10.8 Å². The molecule has 1 aliphatic rings. The average molecular weight is 259 g/mol. The lowest BCUT2D eigenvalue weighted by atomic mass is 9.81. The maximum atomic E-state index is 11.4. The zero-order chi connectivity index (χ0) is 13.4. The first-order valence-electron chi connectivity index (χ1n) is 6.60. The summed E-state index contributed by atoms with van der Waals surface area (Å²) in [5.41, 5.74) is 7.76. The molecule has 1 aromatic carbocycles. The Morgan fingerprint density at radius 1 is 1.32 bits per heavy atom. The third-order valence-corrected chi connectivity index (χ3v) is 4.05. The minimum Gasteiger partial charge on any atom is -0.393 e. The van der Waals surface area contributed by atoms with Crippen LogP contribution in [0.15, 0.2) is 18.3 Å². The number of benzene rings is 1. The molecule has 1 fully saturated rings. The number of nitrogens with zero attached hydrogens (tertiary/aromatic N) is 1. The number of hydrogen-bond donors (Lipinski definition) is 3. The number of H-pyrrole nitrogens is 1. The molecule has 0 saturated heterocycles. The van der Waals surface area contributed by atoms with Crippen LogP contribution < -0.4 is 5.73 Å². The van der Waals surface area contributed by atoms with Crippen LogP contribution in [0.2, 0.25) is 0 Å². The number of fused-ring (bicyclic) bond motifs is 1. The molecule has 4 N–H and O–H groups in total. The highest BCUT2D eigenvalue weighted by molar-refractivity contribution is 6.05. The molecule has 1 saturated carbocycles. The van der Waals surface area contributed by atoms with Crippen molar-refractivity contribution in [3.8, 4) is 0 Å². The standard InChI is InChI=1S/C14H17N3O2/c15-14(19)11-6-5-10(12-7-16-17-13(11)12)8-1-3-9(18)4-2-8/h5-9,18H,1-4H2,(H2,15,19)(H,16,17). The number of aliphatic hydroxyl groups excluding tert-OH is 1. The first-order valence-corrected chi connectivity index (χ1v) is 6.60. The van der Waals surface area contributed by atoms with E-state index >= 15 is 0 Å². The van der Waals surface area contributed by atoms with Crippen LogP contribution in [-0.4, -0.2) is 27.3 Å². The van der Waals surface area contributed by atoms with Crippen molar-refractivity contribution < 1.29 is 9.90 Å². The number of carbonyl (C=O) groups is 1. The molecular weight excluding hydrogens is 242 g/mol. The van der Waals surface area contributed by atoms with Crippen molar-refractivity contribution in [1.82, 2.24) is 10.2 Å². The molecule has 0 aliphatic heterocycles. The summed E-state index contributed by atoms with van der Waals surface area (Å²) in [6.45, 7) is 0. The maximum absolute atomic E-state index is 11.4. The fourth-order valence-electron chi connectivity index (χ4n) is 3.00. The van der Waals surface area contributed by atoms with Crippen LogP contribution in [0.4, 0.5) is 0 Å². The molecule has 1 amide bonds. The van der Waals surface area contributed by atoms with Crippen LogP contribution in [0.1, 0.15) is 47.5 Å². The lowest BCUT2D eigenvalue weighted by Gasteiger charge is -2.26. The van der Waals surface area contributed by atoms with E-state index in [1.807, 2.05) is 6.07 Å². The lowest BCUT2D eigenvalue weighted by molar-refractivity contribution is 0.100. The highest BCUT2D eigenvalue weighted by atomic mass is 16.3. The van der Waals surface area contributed by atoms with Crippen molar-refractivity contribution >= 4 is 16.8 Å². The predicted octanol–water partition coefficient (Wildman–Crippen LogP) is 1.68. The van der Waals surface area contributed by atoms with Gasteiger partial charge in [-0.15, -0.1) is 0 Å². The number of hydrogen-bond acceptors (Lipinski definition) is 3. The molecule has 0 atom stereocenters. The Kier molecular flexibility index (Phi) is 2.98. The van der Waals surface area contributed by atoms with Gasteiger partial charge in [0, 0.05) is 5.39 Å². The lowest BCUT2D eigenvalue weighted by Crippen LogP contribution is -2.17. The van der Waals surface area contributed by atoms with Crippen molar-refractivity contribution in [2.24, 2.45) is 5.73 Å². The quantitative estimate of drug-likeness (QED) is 0.766. The SMILES string of the molecule is NC(=O)c1ccc(C2CCC(O)CC2)c2cn[nH]c12. The second kappa shape index (κ2) is 4.66. The normalized spacial score (nSPS) is 23.6. The summed E-state index contributed by atoms with van der Waals surface area (Å²) in [5, 5.41) is 17.4. The maximum Gasteiger partial charge on any atom is 0.250 e. The number of amides is 1. The number of aliphatic hydroxyl groups is 1. The van der Waals surface area contributed by atoms with E-state index in [1.165, 1.54) is 5.56 Å². The Hall–Kier alpha value is -1.88. The zero-order valence-electron chi connectivity index (χ0n) is 10.6. The minimum absolute atomic E-state index is 0.166. The Bertz CT molecular complexity index is 612. The molecule has 0 radical (unpaired) electrons. The van der Waals surface area contributed by atoms with Gasteiger partial charge in [-0.1, -0.05) is 6.07 Å². The number of aromatic amines is 1. The molecule has 1 aromatic heterocycles. The van der Waals surface area contributed by atoms with Gasteiger partial charge in [0.05, 0.1) is 23.4 Å². The number of nitrogens with two attached hydrogens (primary N) is 1. The molecule has 0 unspecified atom stereocenters. The first kappa shape index (κ1) is 12.2. The van der Waals surface area contributed by atoms with Gasteiger partial charge in [0.15, 0.2) is 0 Å². The van der Waals surface area contributed by atoms with Gasteiger partial charge in [-0.2, -0.15) is 5.10 Å². The van der Waals surface area contributed by atoms with E-state index in [4.69, 9.17) is 5.73 Å². The topological polar surface area (TPSA) is 92.0 Å². The second-order valence-corrected chi connectivity index (χ2v) is 5.23. The highest BCUT2D eigenvalue weighted by Crippen LogP contribution is 2.36. The molecule has 0 spiro atoms. The highest BCUT2D eigenvalue weighted by Gasteiger charge is 2.23. The first-order chi connectivity index (χ1) is 9.16.